The van der Waals surface area contributed by atoms with Crippen LogP contribution >= 0.6 is 0 Å². The van der Waals surface area contributed by atoms with Gasteiger partial charge in [0.05, 0.1) is 17.3 Å². The average molecular weight is 666 g/mol. The van der Waals surface area contributed by atoms with E-state index in [-0.39, 0.29) is 22.4 Å². The van der Waals surface area contributed by atoms with Gasteiger partial charge in [-0.1, -0.05) is 103 Å². The van der Waals surface area contributed by atoms with E-state index in [2.05, 4.69) is 148 Å². The molecule has 0 fully saturated rings. The van der Waals surface area contributed by atoms with E-state index in [4.69, 9.17) is 0 Å². The summed E-state index contributed by atoms with van der Waals surface area (Å²) < 4.78 is 2.34. The van der Waals surface area contributed by atoms with Gasteiger partial charge in [0.15, 0.2) is 17.3 Å². The van der Waals surface area contributed by atoms with Crippen LogP contribution < -0.4 is 4.90 Å². The minimum Gasteiger partial charge on any atom is -0.347 e. The van der Waals surface area contributed by atoms with Gasteiger partial charge in [0.2, 0.25) is 5.69 Å². The summed E-state index contributed by atoms with van der Waals surface area (Å²) in [6, 6.07) is 33.6. The average Bonchev–Trinajstić information content (AvgIpc) is 3.46. The molecule has 0 amide bonds. The van der Waals surface area contributed by atoms with Crippen molar-refractivity contribution in [2.24, 2.45) is 11.8 Å². The minimum absolute atomic E-state index is 0.0311. The molecular formula is C47H41N2O2+. The van der Waals surface area contributed by atoms with Crippen LogP contribution in [0.15, 0.2) is 145 Å². The molecule has 0 bridgehead atoms. The fourth-order valence-electron chi connectivity index (χ4n) is 9.52. The first-order valence-electron chi connectivity index (χ1n) is 17.9. The Balaban J connectivity index is 1.12. The molecular weight excluding hydrogens is 625 g/mol. The van der Waals surface area contributed by atoms with E-state index in [0.717, 1.165) is 5.57 Å². The van der Waals surface area contributed by atoms with Gasteiger partial charge in [-0.05, 0) is 78.6 Å². The van der Waals surface area contributed by atoms with E-state index >= 15 is 0 Å². The van der Waals surface area contributed by atoms with Gasteiger partial charge in [-0.2, -0.15) is 4.58 Å². The number of likely N-dealkylation sites (N-methyl/N-ethyl adjacent to an activating group) is 1. The second-order valence-corrected chi connectivity index (χ2v) is 15.4. The minimum atomic E-state index is -0.479. The molecule has 2 aliphatic carbocycles. The Kier molecular flexibility index (Phi) is 6.89. The van der Waals surface area contributed by atoms with Crippen LogP contribution in [0.4, 0.5) is 11.4 Å². The van der Waals surface area contributed by atoms with Crippen LogP contribution in [0.25, 0.3) is 21.5 Å². The van der Waals surface area contributed by atoms with E-state index in [1.165, 1.54) is 55.5 Å². The molecule has 2 heterocycles. The number of fused-ring (bicyclic) bond motifs is 7. The molecule has 9 rings (SSSR count). The van der Waals surface area contributed by atoms with Crippen molar-refractivity contribution in [3.05, 3.63) is 167 Å². The van der Waals surface area contributed by atoms with Crippen LogP contribution in [0.2, 0.25) is 0 Å². The monoisotopic (exact) mass is 665 g/mol. The van der Waals surface area contributed by atoms with Gasteiger partial charge in [0.1, 0.15) is 7.05 Å². The number of hydrogen-bond acceptors (Lipinski definition) is 3. The van der Waals surface area contributed by atoms with Gasteiger partial charge in [-0.15, -0.1) is 0 Å². The summed E-state index contributed by atoms with van der Waals surface area (Å²) in [6.07, 6.45) is 13.6. The molecule has 0 saturated carbocycles. The third kappa shape index (κ3) is 4.55. The summed E-state index contributed by atoms with van der Waals surface area (Å²) in [5.41, 5.74) is 9.11. The van der Waals surface area contributed by atoms with Crippen molar-refractivity contribution < 1.29 is 14.2 Å². The van der Waals surface area contributed by atoms with Crippen molar-refractivity contribution in [3.63, 3.8) is 0 Å². The topological polar surface area (TPSA) is 40.4 Å². The molecule has 0 saturated heterocycles. The summed E-state index contributed by atoms with van der Waals surface area (Å²) in [5, 5.41) is 4.98. The molecule has 51 heavy (non-hydrogen) atoms. The first-order chi connectivity index (χ1) is 24.6. The van der Waals surface area contributed by atoms with Gasteiger partial charge >= 0.3 is 0 Å². The first-order valence-corrected chi connectivity index (χ1v) is 17.9. The summed E-state index contributed by atoms with van der Waals surface area (Å²) in [6.45, 7) is 6.98. The van der Waals surface area contributed by atoms with Crippen molar-refractivity contribution in [3.8, 4) is 0 Å². The van der Waals surface area contributed by atoms with Crippen molar-refractivity contribution in [2.45, 2.75) is 38.0 Å². The van der Waals surface area contributed by atoms with Crippen LogP contribution in [0, 0.1) is 11.8 Å². The lowest BCUT2D eigenvalue weighted by Crippen LogP contribution is -2.36. The Bertz CT molecular complexity index is 2520. The van der Waals surface area contributed by atoms with Gasteiger partial charge in [0, 0.05) is 52.7 Å². The summed E-state index contributed by atoms with van der Waals surface area (Å²) in [7, 11) is 4.34. The lowest BCUT2D eigenvalue weighted by Gasteiger charge is -2.33. The van der Waals surface area contributed by atoms with Crippen LogP contribution in [0.5, 0.6) is 0 Å². The lowest BCUT2D eigenvalue weighted by atomic mass is 9.69. The number of Topliss-reactive ketones (excluding diaryl/α,β-unsaturated/α-hetero) is 2. The third-order valence-corrected chi connectivity index (χ3v) is 12.1. The highest BCUT2D eigenvalue weighted by molar-refractivity contribution is 6.17. The summed E-state index contributed by atoms with van der Waals surface area (Å²) in [5.74, 6) is -0.865. The maximum atomic E-state index is 13.8. The normalized spacial score (nSPS) is 24.1. The number of carbonyl (C=O) groups is 2. The predicted molar refractivity (Wildman–Crippen MR) is 209 cm³/mol. The fourth-order valence-corrected chi connectivity index (χ4v) is 9.52. The Hall–Kier alpha value is -5.61. The number of hydrogen-bond donors (Lipinski definition) is 0. The number of rotatable bonds is 4. The molecule has 5 aromatic carbocycles. The first kappa shape index (κ1) is 31.4. The Labute approximate surface area is 299 Å². The maximum absolute atomic E-state index is 13.8. The van der Waals surface area contributed by atoms with E-state index < -0.39 is 11.8 Å². The maximum Gasteiger partial charge on any atom is 0.210 e. The molecule has 4 aliphatic rings. The molecule has 0 N–H and O–H groups in total. The summed E-state index contributed by atoms with van der Waals surface area (Å²) in [4.78, 5) is 29.6. The SMILES string of the molecule is CN1/C(=C/C=C/C2=[N+](C)c3ccc4ccccc4c3C2(C)C)C(C)(CC2=CC3C(=O)c4ccccc4C(=O)C3C=C2)c2cc3ccccc3cc21. The molecule has 0 radical (unpaired) electrons. The third-order valence-electron chi connectivity index (χ3n) is 12.1. The van der Waals surface area contributed by atoms with Crippen LogP contribution in [0.1, 0.15) is 59.0 Å². The number of anilines is 1. The highest BCUT2D eigenvalue weighted by Gasteiger charge is 2.46. The van der Waals surface area contributed by atoms with E-state index in [0.29, 0.717) is 17.5 Å². The zero-order chi connectivity index (χ0) is 35.2. The molecule has 250 valence electrons. The molecule has 3 atom stereocenters. The number of benzene rings is 5. The molecule has 2 aliphatic heterocycles. The number of ketones is 2. The zero-order valence-electron chi connectivity index (χ0n) is 29.8. The largest absolute Gasteiger partial charge is 0.347 e. The predicted octanol–water partition coefficient (Wildman–Crippen LogP) is 10.0. The van der Waals surface area contributed by atoms with Gasteiger partial charge in [-0.25, -0.2) is 0 Å². The van der Waals surface area contributed by atoms with E-state index in [9.17, 15) is 9.59 Å². The van der Waals surface area contributed by atoms with Crippen molar-refractivity contribution >= 4 is 50.2 Å². The number of carbonyl (C=O) groups excluding carboxylic acids is 2. The van der Waals surface area contributed by atoms with Crippen molar-refractivity contribution in [1.29, 1.82) is 0 Å². The smallest absolute Gasteiger partial charge is 0.210 e. The van der Waals surface area contributed by atoms with Crippen LogP contribution in [0.3, 0.4) is 0 Å². The molecule has 5 aromatic rings. The molecule has 3 unspecified atom stereocenters. The molecule has 0 aromatic heterocycles. The van der Waals surface area contributed by atoms with Crippen molar-refractivity contribution in [1.82, 2.24) is 0 Å². The number of nitrogens with zero attached hydrogens (tertiary/aromatic N) is 2. The Morgan fingerprint density at radius 3 is 2.18 bits per heavy atom. The summed E-state index contributed by atoms with van der Waals surface area (Å²) >= 11 is 0. The second kappa shape index (κ2) is 11.2. The molecule has 0 spiro atoms. The van der Waals surface area contributed by atoms with Crippen LogP contribution in [-0.2, 0) is 10.8 Å². The highest BCUT2D eigenvalue weighted by atomic mass is 16.1. The zero-order valence-corrected chi connectivity index (χ0v) is 29.8. The fraction of sp³-hybridized carbons (Fsp3) is 0.213. The lowest BCUT2D eigenvalue weighted by molar-refractivity contribution is -0.401. The quantitative estimate of drug-likeness (QED) is 0.180. The molecule has 4 nitrogen and oxygen atoms in total. The Morgan fingerprint density at radius 1 is 0.784 bits per heavy atom. The van der Waals surface area contributed by atoms with Gasteiger partial charge in [0.25, 0.3) is 0 Å². The van der Waals surface area contributed by atoms with Gasteiger partial charge < -0.3 is 4.90 Å². The standard InChI is InChI=1S/C47H41N2O2/c1-46(2)41(48(4)39-24-22-30-13-8-9-16-33(30)43(39)46)19-12-20-42-47(3,38-26-31-14-6-7-15-32(31)27-40(38)49(42)5)28-29-21-23-36-37(25-29)45(51)35-18-11-10-17-34(35)44(36)50/h6-27,36-37H,28H2,1-5H3/q+1. The van der Waals surface area contributed by atoms with Gasteiger partial charge in [-0.3, -0.25) is 9.59 Å². The second-order valence-electron chi connectivity index (χ2n) is 15.4. The Morgan fingerprint density at radius 2 is 1.43 bits per heavy atom. The molecule has 4 heteroatoms. The van der Waals surface area contributed by atoms with E-state index in [1.807, 2.05) is 18.2 Å². The van der Waals surface area contributed by atoms with E-state index in [1.54, 1.807) is 12.1 Å². The van der Waals surface area contributed by atoms with Crippen molar-refractivity contribution in [2.75, 3.05) is 19.0 Å². The number of allylic oxidation sites excluding steroid dienone is 8. The van der Waals surface area contributed by atoms with Crippen LogP contribution in [-0.4, -0.2) is 35.9 Å². The highest BCUT2D eigenvalue weighted by Crippen LogP contribution is 2.53.